The topological polar surface area (TPSA) is 44.3 Å². The third kappa shape index (κ3) is 2.92. The molecule has 1 saturated heterocycles. The van der Waals surface area contributed by atoms with Gasteiger partial charge in [-0.25, -0.2) is 0 Å². The molecule has 0 radical (unpaired) electrons. The summed E-state index contributed by atoms with van der Waals surface area (Å²) in [6.45, 7) is 5.01. The van der Waals surface area contributed by atoms with E-state index < -0.39 is 0 Å². The molecule has 0 aromatic heterocycles. The van der Waals surface area contributed by atoms with E-state index in [1.165, 1.54) is 25.7 Å². The molecule has 3 heteroatoms. The number of aliphatic hydroxyl groups is 1. The van der Waals surface area contributed by atoms with E-state index in [0.29, 0.717) is 12.0 Å². The van der Waals surface area contributed by atoms with Crippen molar-refractivity contribution in [2.45, 2.75) is 44.8 Å². The smallest absolute Gasteiger partial charge is 0.0716 e. The van der Waals surface area contributed by atoms with E-state index >= 15 is 0 Å². The minimum Gasteiger partial charge on any atom is -0.391 e. The van der Waals surface area contributed by atoms with E-state index in [1.807, 2.05) is 0 Å². The van der Waals surface area contributed by atoms with E-state index in [1.54, 1.807) is 0 Å². The zero-order valence-electron chi connectivity index (χ0n) is 9.71. The number of aliphatic hydroxyl groups excluding tert-OH is 1. The lowest BCUT2D eigenvalue weighted by molar-refractivity contribution is 0.144. The fourth-order valence-electron chi connectivity index (χ4n) is 2.88. The molecule has 1 aliphatic carbocycles. The van der Waals surface area contributed by atoms with Crippen LogP contribution in [0.1, 0.15) is 32.6 Å². The summed E-state index contributed by atoms with van der Waals surface area (Å²) in [7, 11) is 0. The van der Waals surface area contributed by atoms with Crippen LogP contribution in [0.5, 0.6) is 0 Å². The lowest BCUT2D eigenvalue weighted by atomic mass is 10.0. The van der Waals surface area contributed by atoms with Gasteiger partial charge in [0.2, 0.25) is 0 Å². The van der Waals surface area contributed by atoms with Gasteiger partial charge in [0.25, 0.3) is 0 Å². The minimum absolute atomic E-state index is 0.138. The highest BCUT2D eigenvalue weighted by molar-refractivity contribution is 4.85. The zero-order valence-corrected chi connectivity index (χ0v) is 9.71. The van der Waals surface area contributed by atoms with Crippen molar-refractivity contribution in [1.82, 2.24) is 10.6 Å². The Morgan fingerprint density at radius 3 is 2.80 bits per heavy atom. The summed E-state index contributed by atoms with van der Waals surface area (Å²) in [6, 6.07) is 0.711. The number of β-amino-alcohol motifs (C(OH)–C–C–N with tert-alkyl or cyclic N) is 1. The first-order valence-electron chi connectivity index (χ1n) is 6.41. The molecule has 3 nitrogen and oxygen atoms in total. The van der Waals surface area contributed by atoms with Crippen LogP contribution in [0.3, 0.4) is 0 Å². The quantitative estimate of drug-likeness (QED) is 0.644. The minimum atomic E-state index is -0.138. The molecular weight excluding hydrogens is 188 g/mol. The molecule has 0 spiro atoms. The predicted octanol–water partition coefficient (Wildman–Crippen LogP) is 0.735. The third-order valence-corrected chi connectivity index (χ3v) is 4.09. The Bertz CT molecular complexity index is 198. The monoisotopic (exact) mass is 212 g/mol. The maximum Gasteiger partial charge on any atom is 0.0716 e. The SMILES string of the molecule is CCC1CCC(NCC2CNCC2O)C1. The summed E-state index contributed by atoms with van der Waals surface area (Å²) in [5.41, 5.74) is 0. The van der Waals surface area contributed by atoms with Crippen molar-refractivity contribution in [3.8, 4) is 0 Å². The average molecular weight is 212 g/mol. The Morgan fingerprint density at radius 2 is 2.20 bits per heavy atom. The number of hydrogen-bond donors (Lipinski definition) is 3. The molecule has 15 heavy (non-hydrogen) atoms. The Balaban J connectivity index is 1.66. The van der Waals surface area contributed by atoms with Crippen molar-refractivity contribution in [2.75, 3.05) is 19.6 Å². The molecular formula is C12H24N2O. The Kier molecular flexibility index (Phi) is 4.00. The second kappa shape index (κ2) is 5.28. The summed E-state index contributed by atoms with van der Waals surface area (Å²) in [4.78, 5) is 0. The maximum absolute atomic E-state index is 9.66. The van der Waals surface area contributed by atoms with Crippen LogP contribution in [0.15, 0.2) is 0 Å². The van der Waals surface area contributed by atoms with Crippen LogP contribution in [-0.2, 0) is 0 Å². The van der Waals surface area contributed by atoms with Crippen molar-refractivity contribution < 1.29 is 5.11 Å². The molecule has 4 atom stereocenters. The molecule has 4 unspecified atom stereocenters. The second-order valence-corrected chi connectivity index (χ2v) is 5.18. The first-order chi connectivity index (χ1) is 7.29. The Hall–Kier alpha value is -0.120. The Labute approximate surface area is 92.6 Å². The van der Waals surface area contributed by atoms with Crippen LogP contribution in [0, 0.1) is 11.8 Å². The average Bonchev–Trinajstić information content (AvgIpc) is 2.84. The normalized spacial score (nSPS) is 41.2. The summed E-state index contributed by atoms with van der Waals surface area (Å²) in [6.07, 6.45) is 5.24. The van der Waals surface area contributed by atoms with Gasteiger partial charge in [-0.2, -0.15) is 0 Å². The summed E-state index contributed by atoms with van der Waals surface area (Å²) >= 11 is 0. The van der Waals surface area contributed by atoms with Crippen molar-refractivity contribution in [2.24, 2.45) is 11.8 Å². The molecule has 0 amide bonds. The molecule has 2 rings (SSSR count). The van der Waals surface area contributed by atoms with Gasteiger partial charge in [0.1, 0.15) is 0 Å². The van der Waals surface area contributed by atoms with Crippen LogP contribution in [0.25, 0.3) is 0 Å². The molecule has 3 N–H and O–H groups in total. The van der Waals surface area contributed by atoms with Crippen LogP contribution in [0.4, 0.5) is 0 Å². The van der Waals surface area contributed by atoms with Gasteiger partial charge in [-0.05, 0) is 25.2 Å². The van der Waals surface area contributed by atoms with Gasteiger partial charge in [0.15, 0.2) is 0 Å². The molecule has 1 saturated carbocycles. The van der Waals surface area contributed by atoms with Gasteiger partial charge in [-0.3, -0.25) is 0 Å². The van der Waals surface area contributed by atoms with Crippen LogP contribution in [0.2, 0.25) is 0 Å². The molecule has 1 heterocycles. The van der Waals surface area contributed by atoms with Gasteiger partial charge < -0.3 is 15.7 Å². The largest absolute Gasteiger partial charge is 0.391 e. The number of rotatable bonds is 4. The molecule has 2 aliphatic rings. The zero-order chi connectivity index (χ0) is 10.7. The van der Waals surface area contributed by atoms with Gasteiger partial charge in [0.05, 0.1) is 6.10 Å². The summed E-state index contributed by atoms with van der Waals surface area (Å²) in [5.74, 6) is 1.36. The first-order valence-corrected chi connectivity index (χ1v) is 6.41. The molecule has 1 aliphatic heterocycles. The van der Waals surface area contributed by atoms with Gasteiger partial charge in [-0.1, -0.05) is 13.3 Å². The highest BCUT2D eigenvalue weighted by atomic mass is 16.3. The molecule has 2 fully saturated rings. The summed E-state index contributed by atoms with van der Waals surface area (Å²) < 4.78 is 0. The lowest BCUT2D eigenvalue weighted by Gasteiger charge is -2.18. The Morgan fingerprint density at radius 1 is 1.33 bits per heavy atom. The van der Waals surface area contributed by atoms with E-state index in [2.05, 4.69) is 17.6 Å². The standard InChI is InChI=1S/C12H24N2O/c1-2-9-3-4-11(5-9)14-7-10-6-13-8-12(10)15/h9-15H,2-8H2,1H3. The summed E-state index contributed by atoms with van der Waals surface area (Å²) in [5, 5.41) is 16.5. The highest BCUT2D eigenvalue weighted by Gasteiger charge is 2.27. The maximum atomic E-state index is 9.66. The fourth-order valence-corrected chi connectivity index (χ4v) is 2.88. The van der Waals surface area contributed by atoms with Gasteiger partial charge in [-0.15, -0.1) is 0 Å². The molecule has 88 valence electrons. The van der Waals surface area contributed by atoms with Crippen LogP contribution in [-0.4, -0.2) is 36.9 Å². The van der Waals surface area contributed by atoms with Crippen molar-refractivity contribution >= 4 is 0 Å². The van der Waals surface area contributed by atoms with Crippen LogP contribution < -0.4 is 10.6 Å². The second-order valence-electron chi connectivity index (χ2n) is 5.18. The molecule has 0 bridgehead atoms. The number of nitrogens with one attached hydrogen (secondary N) is 2. The fraction of sp³-hybridized carbons (Fsp3) is 1.00. The van der Waals surface area contributed by atoms with E-state index in [-0.39, 0.29) is 6.10 Å². The first kappa shape index (κ1) is 11.4. The lowest BCUT2D eigenvalue weighted by Crippen LogP contribution is -2.35. The van der Waals surface area contributed by atoms with E-state index in [4.69, 9.17) is 0 Å². The van der Waals surface area contributed by atoms with E-state index in [0.717, 1.165) is 25.6 Å². The van der Waals surface area contributed by atoms with E-state index in [9.17, 15) is 5.11 Å². The highest BCUT2D eigenvalue weighted by Crippen LogP contribution is 2.27. The number of hydrogen-bond acceptors (Lipinski definition) is 3. The van der Waals surface area contributed by atoms with Crippen molar-refractivity contribution in [3.05, 3.63) is 0 Å². The van der Waals surface area contributed by atoms with Crippen LogP contribution >= 0.6 is 0 Å². The molecule has 0 aromatic rings. The predicted molar refractivity (Wildman–Crippen MR) is 61.8 cm³/mol. The van der Waals surface area contributed by atoms with Crippen molar-refractivity contribution in [1.29, 1.82) is 0 Å². The van der Waals surface area contributed by atoms with Gasteiger partial charge >= 0.3 is 0 Å². The van der Waals surface area contributed by atoms with Crippen molar-refractivity contribution in [3.63, 3.8) is 0 Å². The third-order valence-electron chi connectivity index (χ3n) is 4.09. The molecule has 0 aromatic carbocycles. The van der Waals surface area contributed by atoms with Gasteiger partial charge in [0, 0.05) is 31.6 Å².